The number of rotatable bonds is 3. The van der Waals surface area contributed by atoms with E-state index >= 15 is 0 Å². The van der Waals surface area contributed by atoms with Crippen LogP contribution in [0.5, 0.6) is 0 Å². The van der Waals surface area contributed by atoms with Crippen molar-refractivity contribution >= 4 is 38.8 Å². The van der Waals surface area contributed by atoms with Crippen molar-refractivity contribution in [3.8, 4) is 11.1 Å². The van der Waals surface area contributed by atoms with E-state index in [1.165, 1.54) is 0 Å². The van der Waals surface area contributed by atoms with Crippen LogP contribution in [0, 0.1) is 0 Å². The van der Waals surface area contributed by atoms with Crippen molar-refractivity contribution in [3.63, 3.8) is 0 Å². The molecule has 0 N–H and O–H groups in total. The summed E-state index contributed by atoms with van der Waals surface area (Å²) in [5.74, 6) is 0.0572. The summed E-state index contributed by atoms with van der Waals surface area (Å²) in [7, 11) is 0. The summed E-state index contributed by atoms with van der Waals surface area (Å²) in [6.45, 7) is 0. The number of carbonyl (C=O) groups is 1. The van der Waals surface area contributed by atoms with E-state index in [2.05, 4.69) is 12.1 Å². The van der Waals surface area contributed by atoms with Gasteiger partial charge in [-0.05, 0) is 23.8 Å². The third-order valence-corrected chi connectivity index (χ3v) is 5.39. The number of fused-ring (bicyclic) bond motifs is 1. The molecule has 0 radical (unpaired) electrons. The Balaban J connectivity index is 1.97. The van der Waals surface area contributed by atoms with Gasteiger partial charge in [-0.25, -0.2) is 0 Å². The van der Waals surface area contributed by atoms with Crippen LogP contribution in [-0.4, -0.2) is 5.78 Å². The molecule has 3 heteroatoms. The van der Waals surface area contributed by atoms with Gasteiger partial charge in [0.25, 0.3) is 0 Å². The molecule has 0 aliphatic rings. The number of hydrogen-bond acceptors (Lipinski definition) is 2. The average molecular weight is 349 g/mol. The smallest absolute Gasteiger partial charge is 0.203 e. The molecule has 0 spiro atoms. The molecule has 0 saturated carbocycles. The van der Waals surface area contributed by atoms with Crippen molar-refractivity contribution < 1.29 is 4.79 Å². The highest BCUT2D eigenvalue weighted by atomic mass is 35.5. The van der Waals surface area contributed by atoms with E-state index in [0.29, 0.717) is 10.6 Å². The zero-order chi connectivity index (χ0) is 16.5. The van der Waals surface area contributed by atoms with Crippen molar-refractivity contribution in [1.29, 1.82) is 0 Å². The Morgan fingerprint density at radius 3 is 2.21 bits per heavy atom. The number of ketones is 1. The van der Waals surface area contributed by atoms with Crippen molar-refractivity contribution in [3.05, 3.63) is 94.3 Å². The molecule has 4 rings (SSSR count). The van der Waals surface area contributed by atoms with Crippen LogP contribution in [0.3, 0.4) is 0 Å². The van der Waals surface area contributed by atoms with Crippen molar-refractivity contribution in [1.82, 2.24) is 0 Å². The lowest BCUT2D eigenvalue weighted by molar-refractivity contribution is 0.104. The second-order valence-corrected chi connectivity index (χ2v) is 6.99. The maximum atomic E-state index is 13.1. The highest BCUT2D eigenvalue weighted by Crippen LogP contribution is 2.40. The fourth-order valence-corrected chi connectivity index (χ4v) is 4.14. The van der Waals surface area contributed by atoms with E-state index in [9.17, 15) is 4.79 Å². The number of thiophene rings is 1. The fraction of sp³-hybridized carbons (Fsp3) is 0. The zero-order valence-electron chi connectivity index (χ0n) is 12.7. The summed E-state index contributed by atoms with van der Waals surface area (Å²) >= 11 is 7.57. The van der Waals surface area contributed by atoms with Gasteiger partial charge in [0, 0.05) is 26.2 Å². The van der Waals surface area contributed by atoms with Gasteiger partial charge in [-0.2, -0.15) is 0 Å². The Morgan fingerprint density at radius 1 is 0.792 bits per heavy atom. The highest BCUT2D eigenvalue weighted by molar-refractivity contribution is 7.21. The lowest BCUT2D eigenvalue weighted by Gasteiger charge is -2.05. The SMILES string of the molecule is O=C(c1ccccc1)c1sc2ccccc2c1-c1ccc(Cl)cc1. The molecule has 0 amide bonds. The number of carbonyl (C=O) groups excluding carboxylic acids is 1. The average Bonchev–Trinajstić information content (AvgIpc) is 3.02. The second kappa shape index (κ2) is 6.23. The van der Waals surface area contributed by atoms with Gasteiger partial charge in [0.2, 0.25) is 5.78 Å². The molecular weight excluding hydrogens is 336 g/mol. The van der Waals surface area contributed by atoms with Gasteiger partial charge >= 0.3 is 0 Å². The molecule has 0 bridgehead atoms. The third kappa shape index (κ3) is 2.64. The highest BCUT2D eigenvalue weighted by Gasteiger charge is 2.20. The molecule has 4 aromatic rings. The van der Waals surface area contributed by atoms with Crippen LogP contribution in [0.15, 0.2) is 78.9 Å². The van der Waals surface area contributed by atoms with Crippen molar-refractivity contribution in [2.45, 2.75) is 0 Å². The first kappa shape index (κ1) is 15.1. The standard InChI is InChI=1S/C21H13ClOS/c22-16-12-10-14(11-13-16)19-17-8-4-5-9-18(17)24-21(19)20(23)15-6-2-1-3-7-15/h1-13H. The Morgan fingerprint density at radius 2 is 1.46 bits per heavy atom. The van der Waals surface area contributed by atoms with Crippen LogP contribution in [0.4, 0.5) is 0 Å². The van der Waals surface area contributed by atoms with Crippen LogP contribution in [-0.2, 0) is 0 Å². The molecule has 0 unspecified atom stereocenters. The lowest BCUT2D eigenvalue weighted by Crippen LogP contribution is -2.00. The Kier molecular flexibility index (Phi) is 3.93. The Bertz CT molecular complexity index is 1020. The van der Waals surface area contributed by atoms with Crippen LogP contribution in [0.2, 0.25) is 5.02 Å². The van der Waals surface area contributed by atoms with E-state index in [1.54, 1.807) is 11.3 Å². The summed E-state index contributed by atoms with van der Waals surface area (Å²) in [6.07, 6.45) is 0. The van der Waals surface area contributed by atoms with E-state index in [1.807, 2.05) is 66.7 Å². The number of hydrogen-bond donors (Lipinski definition) is 0. The lowest BCUT2D eigenvalue weighted by atomic mass is 9.98. The van der Waals surface area contributed by atoms with Crippen LogP contribution < -0.4 is 0 Å². The molecule has 0 aliphatic carbocycles. The second-order valence-electron chi connectivity index (χ2n) is 5.50. The quantitative estimate of drug-likeness (QED) is 0.389. The first-order chi connectivity index (χ1) is 11.7. The van der Waals surface area contributed by atoms with E-state index < -0.39 is 0 Å². The molecule has 0 fully saturated rings. The van der Waals surface area contributed by atoms with Gasteiger partial charge in [0.15, 0.2) is 0 Å². The fourth-order valence-electron chi connectivity index (χ4n) is 2.83. The number of benzene rings is 3. The molecule has 1 aromatic heterocycles. The largest absolute Gasteiger partial charge is 0.288 e. The minimum Gasteiger partial charge on any atom is -0.288 e. The molecule has 1 nitrogen and oxygen atoms in total. The topological polar surface area (TPSA) is 17.1 Å². The molecular formula is C21H13ClOS. The molecule has 0 saturated heterocycles. The van der Waals surface area contributed by atoms with Gasteiger partial charge in [-0.15, -0.1) is 11.3 Å². The minimum atomic E-state index is 0.0572. The predicted molar refractivity (Wildman–Crippen MR) is 102 cm³/mol. The summed E-state index contributed by atoms with van der Waals surface area (Å²) in [4.78, 5) is 13.8. The zero-order valence-corrected chi connectivity index (χ0v) is 14.3. The third-order valence-electron chi connectivity index (χ3n) is 3.97. The maximum Gasteiger partial charge on any atom is 0.203 e. The van der Waals surface area contributed by atoms with Crippen LogP contribution in [0.1, 0.15) is 15.2 Å². The van der Waals surface area contributed by atoms with Gasteiger partial charge in [0.1, 0.15) is 0 Å². The molecule has 24 heavy (non-hydrogen) atoms. The summed E-state index contributed by atoms with van der Waals surface area (Å²) in [5, 5.41) is 1.79. The van der Waals surface area contributed by atoms with Crippen molar-refractivity contribution in [2.24, 2.45) is 0 Å². The Labute approximate surface area is 149 Å². The molecule has 116 valence electrons. The van der Waals surface area contributed by atoms with Crippen LogP contribution >= 0.6 is 22.9 Å². The first-order valence-electron chi connectivity index (χ1n) is 7.61. The van der Waals surface area contributed by atoms with E-state index in [4.69, 9.17) is 11.6 Å². The monoisotopic (exact) mass is 348 g/mol. The summed E-state index contributed by atoms with van der Waals surface area (Å²) in [6, 6.07) is 25.2. The molecule has 3 aromatic carbocycles. The van der Waals surface area contributed by atoms with E-state index in [-0.39, 0.29) is 5.78 Å². The Hall–Kier alpha value is -2.42. The predicted octanol–water partition coefficient (Wildman–Crippen LogP) is 6.45. The van der Waals surface area contributed by atoms with Gasteiger partial charge in [-0.3, -0.25) is 4.79 Å². The molecule has 0 aliphatic heterocycles. The molecule has 0 atom stereocenters. The maximum absolute atomic E-state index is 13.1. The summed E-state index contributed by atoms with van der Waals surface area (Å²) < 4.78 is 1.11. The number of halogens is 1. The van der Waals surface area contributed by atoms with Gasteiger partial charge in [0.05, 0.1) is 4.88 Å². The van der Waals surface area contributed by atoms with Gasteiger partial charge in [-0.1, -0.05) is 72.3 Å². The van der Waals surface area contributed by atoms with Crippen molar-refractivity contribution in [2.75, 3.05) is 0 Å². The van der Waals surface area contributed by atoms with Gasteiger partial charge < -0.3 is 0 Å². The molecule has 1 heterocycles. The van der Waals surface area contributed by atoms with Crippen LogP contribution in [0.25, 0.3) is 21.2 Å². The minimum absolute atomic E-state index is 0.0572. The first-order valence-corrected chi connectivity index (χ1v) is 8.81. The summed E-state index contributed by atoms with van der Waals surface area (Å²) in [5.41, 5.74) is 2.71. The normalized spacial score (nSPS) is 10.9. The van der Waals surface area contributed by atoms with E-state index in [0.717, 1.165) is 26.1 Å².